The highest BCUT2D eigenvalue weighted by Crippen LogP contribution is 2.58. The monoisotopic (exact) mass is 677 g/mol. The average molecular weight is 678 g/mol. The number of benzene rings is 8. The standard InChI is InChI=1S/C52H39N/c1-51(37-21-8-4-9-22-37)44-28-15-12-26-41(44)43-35-39(33-34-46(43)51)53(48-31-17-14-25-40(48)36-19-6-3-7-20-36)49-32-18-30-47-50(49)42-27-13-16-29-45(42)52(47,2)38-23-10-5-11-24-38/h3-35H,1-2H3. The van der Waals surface area contributed by atoms with Gasteiger partial charge in [-0.15, -0.1) is 0 Å². The molecule has 0 aromatic heterocycles. The van der Waals surface area contributed by atoms with Gasteiger partial charge in [0.15, 0.2) is 0 Å². The van der Waals surface area contributed by atoms with Crippen molar-refractivity contribution in [3.05, 3.63) is 234 Å². The Morgan fingerprint density at radius 3 is 1.49 bits per heavy atom. The topological polar surface area (TPSA) is 3.24 Å². The van der Waals surface area contributed by atoms with Crippen molar-refractivity contribution in [3.63, 3.8) is 0 Å². The molecule has 8 aromatic carbocycles. The van der Waals surface area contributed by atoms with Crippen LogP contribution in [0.1, 0.15) is 47.2 Å². The zero-order valence-corrected chi connectivity index (χ0v) is 30.0. The van der Waals surface area contributed by atoms with Crippen LogP contribution in [0.25, 0.3) is 33.4 Å². The van der Waals surface area contributed by atoms with Gasteiger partial charge in [0.05, 0.1) is 11.4 Å². The molecule has 2 unspecified atom stereocenters. The summed E-state index contributed by atoms with van der Waals surface area (Å²) in [7, 11) is 0. The molecule has 0 saturated heterocycles. The molecule has 0 heterocycles. The molecule has 0 fully saturated rings. The predicted octanol–water partition coefficient (Wildman–Crippen LogP) is 13.5. The molecule has 0 N–H and O–H groups in total. The first-order chi connectivity index (χ1) is 26.1. The Bertz CT molecular complexity index is 2640. The van der Waals surface area contributed by atoms with Gasteiger partial charge in [0, 0.05) is 27.6 Å². The van der Waals surface area contributed by atoms with Crippen LogP contribution < -0.4 is 4.90 Å². The number of para-hydroxylation sites is 1. The van der Waals surface area contributed by atoms with Crippen molar-refractivity contribution in [1.82, 2.24) is 0 Å². The lowest BCUT2D eigenvalue weighted by atomic mass is 9.74. The van der Waals surface area contributed by atoms with Crippen LogP contribution in [-0.4, -0.2) is 0 Å². The molecule has 10 rings (SSSR count). The van der Waals surface area contributed by atoms with Gasteiger partial charge in [-0.1, -0.05) is 176 Å². The second-order valence-corrected chi connectivity index (χ2v) is 14.7. The SMILES string of the molecule is CC1(c2ccccc2)c2ccccc2-c2cc(N(c3ccccc3-c3ccccc3)c3cccc4c3-c3ccccc3C4(C)c3ccccc3)ccc21. The van der Waals surface area contributed by atoms with E-state index in [1.807, 2.05) is 0 Å². The third-order valence-corrected chi connectivity index (χ3v) is 12.0. The van der Waals surface area contributed by atoms with Crippen molar-refractivity contribution in [2.24, 2.45) is 0 Å². The van der Waals surface area contributed by atoms with Gasteiger partial charge < -0.3 is 4.90 Å². The lowest BCUT2D eigenvalue weighted by Gasteiger charge is -2.32. The average Bonchev–Trinajstić information content (AvgIpc) is 3.66. The molecular formula is C52H39N. The van der Waals surface area contributed by atoms with Gasteiger partial charge >= 0.3 is 0 Å². The maximum Gasteiger partial charge on any atom is 0.0543 e. The third kappa shape index (κ3) is 4.57. The van der Waals surface area contributed by atoms with Crippen molar-refractivity contribution in [2.75, 3.05) is 4.90 Å². The van der Waals surface area contributed by atoms with E-state index in [2.05, 4.69) is 219 Å². The fourth-order valence-electron chi connectivity index (χ4n) is 9.44. The molecule has 2 atom stereocenters. The molecule has 0 spiro atoms. The first-order valence-electron chi connectivity index (χ1n) is 18.6. The van der Waals surface area contributed by atoms with Crippen molar-refractivity contribution in [3.8, 4) is 33.4 Å². The minimum atomic E-state index is -0.303. The number of nitrogens with zero attached hydrogens (tertiary/aromatic N) is 1. The number of hydrogen-bond donors (Lipinski definition) is 0. The molecule has 0 aliphatic heterocycles. The maximum atomic E-state index is 2.52. The number of hydrogen-bond acceptors (Lipinski definition) is 1. The number of rotatable bonds is 6. The van der Waals surface area contributed by atoms with Gasteiger partial charge in [-0.25, -0.2) is 0 Å². The van der Waals surface area contributed by atoms with Crippen LogP contribution in [0.15, 0.2) is 200 Å². The van der Waals surface area contributed by atoms with Crippen LogP contribution in [-0.2, 0) is 10.8 Å². The molecule has 2 aliphatic rings. The Kier molecular flexibility index (Phi) is 7.13. The van der Waals surface area contributed by atoms with E-state index in [0.29, 0.717) is 0 Å². The smallest absolute Gasteiger partial charge is 0.0543 e. The molecule has 252 valence electrons. The lowest BCUT2D eigenvalue weighted by Crippen LogP contribution is -2.22. The molecular weight excluding hydrogens is 639 g/mol. The first kappa shape index (κ1) is 31.3. The second kappa shape index (κ2) is 12.1. The summed E-state index contributed by atoms with van der Waals surface area (Å²) in [5.41, 5.74) is 18.4. The summed E-state index contributed by atoms with van der Waals surface area (Å²) < 4.78 is 0. The Morgan fingerprint density at radius 1 is 0.340 bits per heavy atom. The molecule has 1 nitrogen and oxygen atoms in total. The van der Waals surface area contributed by atoms with Crippen LogP contribution in [0.3, 0.4) is 0 Å². The summed E-state index contributed by atoms with van der Waals surface area (Å²) in [5, 5.41) is 0. The normalized spacial score (nSPS) is 17.8. The Hall–Kier alpha value is -6.44. The minimum Gasteiger partial charge on any atom is -0.309 e. The first-order valence-corrected chi connectivity index (χ1v) is 18.6. The largest absolute Gasteiger partial charge is 0.309 e. The highest BCUT2D eigenvalue weighted by atomic mass is 15.1. The van der Waals surface area contributed by atoms with Crippen molar-refractivity contribution >= 4 is 17.1 Å². The van der Waals surface area contributed by atoms with Gasteiger partial charge in [0.2, 0.25) is 0 Å². The zero-order valence-electron chi connectivity index (χ0n) is 30.0. The summed E-state index contributed by atoms with van der Waals surface area (Å²) in [6.07, 6.45) is 0. The quantitative estimate of drug-likeness (QED) is 0.169. The van der Waals surface area contributed by atoms with Gasteiger partial charge in [0.25, 0.3) is 0 Å². The van der Waals surface area contributed by atoms with E-state index in [-0.39, 0.29) is 10.8 Å². The molecule has 8 aromatic rings. The fraction of sp³-hybridized carbons (Fsp3) is 0.0769. The highest BCUT2D eigenvalue weighted by Gasteiger charge is 2.44. The molecule has 0 amide bonds. The number of anilines is 3. The van der Waals surface area contributed by atoms with E-state index in [1.54, 1.807) is 0 Å². The van der Waals surface area contributed by atoms with Crippen LogP contribution >= 0.6 is 0 Å². The molecule has 2 aliphatic carbocycles. The third-order valence-electron chi connectivity index (χ3n) is 12.0. The zero-order chi connectivity index (χ0) is 35.6. The highest BCUT2D eigenvalue weighted by molar-refractivity contribution is 5.99. The van der Waals surface area contributed by atoms with E-state index in [0.717, 1.165) is 11.4 Å². The van der Waals surface area contributed by atoms with Crippen molar-refractivity contribution < 1.29 is 0 Å². The van der Waals surface area contributed by atoms with Crippen molar-refractivity contribution in [1.29, 1.82) is 0 Å². The van der Waals surface area contributed by atoms with Crippen LogP contribution in [0.5, 0.6) is 0 Å². The summed E-state index contributed by atoms with van der Waals surface area (Å²) in [6, 6.07) is 73.8. The summed E-state index contributed by atoms with van der Waals surface area (Å²) in [5.74, 6) is 0. The lowest BCUT2D eigenvalue weighted by molar-refractivity contribution is 0.713. The second-order valence-electron chi connectivity index (χ2n) is 14.7. The molecule has 1 heteroatoms. The summed E-state index contributed by atoms with van der Waals surface area (Å²) in [6.45, 7) is 4.79. The van der Waals surface area contributed by atoms with Gasteiger partial charge in [0.1, 0.15) is 0 Å². The summed E-state index contributed by atoms with van der Waals surface area (Å²) >= 11 is 0. The molecule has 0 radical (unpaired) electrons. The van der Waals surface area contributed by atoms with E-state index in [4.69, 9.17) is 0 Å². The van der Waals surface area contributed by atoms with Crippen LogP contribution in [0.4, 0.5) is 17.1 Å². The number of fused-ring (bicyclic) bond motifs is 6. The van der Waals surface area contributed by atoms with Crippen LogP contribution in [0.2, 0.25) is 0 Å². The fourth-order valence-corrected chi connectivity index (χ4v) is 9.44. The predicted molar refractivity (Wildman–Crippen MR) is 221 cm³/mol. The maximum absolute atomic E-state index is 2.52. The molecule has 0 bridgehead atoms. The van der Waals surface area contributed by atoms with Crippen LogP contribution in [0, 0.1) is 0 Å². The van der Waals surface area contributed by atoms with E-state index < -0.39 is 0 Å². The Labute approximate surface area is 312 Å². The van der Waals surface area contributed by atoms with E-state index in [9.17, 15) is 0 Å². The molecule has 0 saturated carbocycles. The Balaban J connectivity index is 1.26. The minimum absolute atomic E-state index is 0.261. The Morgan fingerprint density at radius 2 is 0.811 bits per heavy atom. The van der Waals surface area contributed by atoms with Gasteiger partial charge in [-0.2, -0.15) is 0 Å². The summed E-state index contributed by atoms with van der Waals surface area (Å²) in [4.78, 5) is 2.52. The van der Waals surface area contributed by atoms with Crippen molar-refractivity contribution in [2.45, 2.75) is 24.7 Å². The van der Waals surface area contributed by atoms with E-state index in [1.165, 1.54) is 72.4 Å². The molecule has 53 heavy (non-hydrogen) atoms. The van der Waals surface area contributed by atoms with Gasteiger partial charge in [-0.05, 0) is 93.7 Å². The van der Waals surface area contributed by atoms with Gasteiger partial charge in [-0.3, -0.25) is 0 Å². The van der Waals surface area contributed by atoms with E-state index >= 15 is 0 Å².